The average molecular weight is 458 g/mol. The Kier molecular flexibility index (Phi) is 24.1. The summed E-state index contributed by atoms with van der Waals surface area (Å²) in [6.45, 7) is -0.782. The van der Waals surface area contributed by atoms with Crippen molar-refractivity contribution in [2.75, 3.05) is 13.2 Å². The van der Waals surface area contributed by atoms with Crippen LogP contribution in [0.2, 0.25) is 0 Å². The van der Waals surface area contributed by atoms with Crippen molar-refractivity contribution in [1.82, 2.24) is 0 Å². The van der Waals surface area contributed by atoms with E-state index >= 15 is 0 Å². The van der Waals surface area contributed by atoms with Crippen LogP contribution in [-0.2, 0) is 28.8 Å². The Balaban J connectivity index is -0.000000161. The van der Waals surface area contributed by atoms with Crippen LogP contribution in [-0.4, -0.2) is 92.5 Å². The number of nitrogens with two attached hydrogens (primary N) is 6. The number of carboxylic acids is 4. The zero-order chi connectivity index (χ0) is 25.7. The van der Waals surface area contributed by atoms with Crippen LogP contribution in [0.5, 0.6) is 0 Å². The van der Waals surface area contributed by atoms with E-state index in [9.17, 15) is 28.8 Å². The lowest BCUT2D eigenvalue weighted by molar-refractivity contribution is -0.140. The molecule has 2 amide bonds. The highest BCUT2D eigenvalue weighted by Crippen LogP contribution is 1.92. The minimum absolute atomic E-state index is 0.0213. The first-order valence-corrected chi connectivity index (χ1v) is 8.07. The number of aliphatic hydroxyl groups is 1. The van der Waals surface area contributed by atoms with Gasteiger partial charge in [-0.1, -0.05) is 0 Å². The number of hydrogen-bond acceptors (Lipinski definition) is 11. The third kappa shape index (κ3) is 34.5. The maximum absolute atomic E-state index is 10.1. The summed E-state index contributed by atoms with van der Waals surface area (Å²) < 4.78 is 0. The minimum Gasteiger partial charge on any atom is -0.480 e. The smallest absolute Gasteiger partial charge is 0.322 e. The topological polar surface area (TPSA) is 360 Å². The molecule has 0 aromatic heterocycles. The van der Waals surface area contributed by atoms with Crippen LogP contribution in [0.25, 0.3) is 0 Å². The van der Waals surface area contributed by atoms with Gasteiger partial charge in [0.1, 0.15) is 18.1 Å². The predicted molar refractivity (Wildman–Crippen MR) is 103 cm³/mol. The van der Waals surface area contributed by atoms with Gasteiger partial charge < -0.3 is 59.9 Å². The van der Waals surface area contributed by atoms with E-state index in [1.54, 1.807) is 0 Å². The quantitative estimate of drug-likeness (QED) is 0.145. The number of carboxylic acid groups (broad SMARTS) is 4. The molecule has 17 N–H and O–H groups in total. The third-order valence-electron chi connectivity index (χ3n) is 2.45. The van der Waals surface area contributed by atoms with Gasteiger partial charge in [-0.3, -0.25) is 28.8 Å². The summed E-state index contributed by atoms with van der Waals surface area (Å²) in [5, 5.41) is 39.8. The molecule has 3 unspecified atom stereocenters. The number of hydrogen-bond donors (Lipinski definition) is 11. The van der Waals surface area contributed by atoms with E-state index in [0.29, 0.717) is 0 Å². The van der Waals surface area contributed by atoms with Gasteiger partial charge in [0.15, 0.2) is 0 Å². The number of carbonyl (C=O) groups excluding carboxylic acids is 2. The van der Waals surface area contributed by atoms with Crippen molar-refractivity contribution in [3.63, 3.8) is 0 Å². The molecule has 0 rings (SSSR count). The van der Waals surface area contributed by atoms with Crippen molar-refractivity contribution >= 4 is 35.7 Å². The van der Waals surface area contributed by atoms with Crippen LogP contribution in [0.3, 0.4) is 0 Å². The number of aliphatic carboxylic acids is 4. The predicted octanol–water partition coefficient (Wildman–Crippen LogP) is -5.64. The number of aliphatic hydroxyl groups excluding tert-OH is 1. The first-order valence-electron chi connectivity index (χ1n) is 8.07. The van der Waals surface area contributed by atoms with Gasteiger partial charge in [-0.15, -0.1) is 0 Å². The molecule has 0 aliphatic heterocycles. The highest BCUT2D eigenvalue weighted by molar-refractivity contribution is 5.83. The maximum Gasteiger partial charge on any atom is 0.322 e. The molecular weight excluding hydrogens is 428 g/mol. The van der Waals surface area contributed by atoms with Crippen molar-refractivity contribution in [3.8, 4) is 0 Å². The second-order valence-electron chi connectivity index (χ2n) is 5.29. The molecule has 0 aromatic carbocycles. The normalized spacial score (nSPS) is 11.9. The standard InChI is InChI=1S/C5H10N2O3.C4H8N2O3.C3H7NO3.C2H5NO2/c6-3(5(9)10)1-2-4(7)8;5-2(4(8)9)1-3(6)7;4-2(1-5)3(6)7;3-1-2(4)5/h3H,1-2,6H2,(H2,7,8)(H,9,10);2H,1,5H2,(H2,6,7)(H,8,9);2,5H,1,4H2,(H,6,7);1,3H2,(H,4,5). The van der Waals surface area contributed by atoms with Crippen LogP contribution < -0.4 is 34.4 Å². The van der Waals surface area contributed by atoms with E-state index in [2.05, 4.69) is 11.5 Å². The fourth-order valence-corrected chi connectivity index (χ4v) is 0.803. The van der Waals surface area contributed by atoms with E-state index < -0.39 is 60.4 Å². The summed E-state index contributed by atoms with van der Waals surface area (Å²) >= 11 is 0. The zero-order valence-corrected chi connectivity index (χ0v) is 16.4. The molecule has 0 aliphatic carbocycles. The summed E-state index contributed by atoms with van der Waals surface area (Å²) in [6.07, 6.45) is -0.187. The largest absolute Gasteiger partial charge is 0.480 e. The van der Waals surface area contributed by atoms with Crippen molar-refractivity contribution in [1.29, 1.82) is 0 Å². The Morgan fingerprint density at radius 3 is 1.16 bits per heavy atom. The SMILES string of the molecule is NC(=O)CC(N)C(=O)O.NC(=O)CCC(N)C(=O)O.NC(CO)C(=O)O.NCC(=O)O. The summed E-state index contributed by atoms with van der Waals surface area (Å²) in [6, 6.07) is -3.27. The Hall–Kier alpha value is -3.38. The number of amides is 2. The lowest BCUT2D eigenvalue weighted by atomic mass is 10.2. The van der Waals surface area contributed by atoms with Gasteiger partial charge >= 0.3 is 23.9 Å². The van der Waals surface area contributed by atoms with Gasteiger partial charge in [-0.25, -0.2) is 0 Å². The molecule has 0 bridgehead atoms. The van der Waals surface area contributed by atoms with E-state index in [0.717, 1.165) is 0 Å². The van der Waals surface area contributed by atoms with Crippen molar-refractivity contribution in [2.45, 2.75) is 37.4 Å². The molecule has 0 saturated carbocycles. The highest BCUT2D eigenvalue weighted by Gasteiger charge is 2.13. The molecule has 17 heteroatoms. The van der Waals surface area contributed by atoms with E-state index in [1.165, 1.54) is 0 Å². The molecule has 17 nitrogen and oxygen atoms in total. The van der Waals surface area contributed by atoms with E-state index in [4.69, 9.17) is 48.5 Å². The molecule has 3 atom stereocenters. The summed E-state index contributed by atoms with van der Waals surface area (Å²) in [5.74, 6) is -5.70. The van der Waals surface area contributed by atoms with Gasteiger partial charge in [0.05, 0.1) is 19.6 Å². The van der Waals surface area contributed by atoms with Gasteiger partial charge in [-0.05, 0) is 6.42 Å². The van der Waals surface area contributed by atoms with Crippen molar-refractivity contribution in [3.05, 3.63) is 0 Å². The Bertz CT molecular complexity index is 587. The third-order valence-corrected chi connectivity index (χ3v) is 2.45. The van der Waals surface area contributed by atoms with Gasteiger partial charge in [0.25, 0.3) is 0 Å². The van der Waals surface area contributed by atoms with Crippen molar-refractivity contribution in [2.24, 2.45) is 34.4 Å². The number of carbonyl (C=O) groups is 6. The minimum atomic E-state index is -1.21. The second kappa shape index (κ2) is 21.3. The molecule has 182 valence electrons. The van der Waals surface area contributed by atoms with E-state index in [-0.39, 0.29) is 25.8 Å². The Morgan fingerprint density at radius 1 is 0.677 bits per heavy atom. The Morgan fingerprint density at radius 2 is 1.03 bits per heavy atom. The molecular formula is C14H30N6O11. The molecule has 31 heavy (non-hydrogen) atoms. The zero-order valence-electron chi connectivity index (χ0n) is 16.4. The van der Waals surface area contributed by atoms with Crippen LogP contribution in [0.15, 0.2) is 0 Å². The molecule has 0 saturated heterocycles. The van der Waals surface area contributed by atoms with E-state index in [1.807, 2.05) is 0 Å². The van der Waals surface area contributed by atoms with Crippen LogP contribution >= 0.6 is 0 Å². The Labute approximate surface area is 175 Å². The van der Waals surface area contributed by atoms with Crippen LogP contribution in [0.4, 0.5) is 0 Å². The first kappa shape index (κ1) is 35.1. The van der Waals surface area contributed by atoms with Gasteiger partial charge in [0, 0.05) is 6.42 Å². The van der Waals surface area contributed by atoms with Crippen molar-refractivity contribution < 1.29 is 54.3 Å². The van der Waals surface area contributed by atoms with Gasteiger partial charge in [0.2, 0.25) is 11.8 Å². The summed E-state index contributed by atoms with van der Waals surface area (Å²) in [5.41, 5.74) is 28.7. The van der Waals surface area contributed by atoms with Crippen LogP contribution in [0.1, 0.15) is 19.3 Å². The maximum atomic E-state index is 10.1. The summed E-state index contributed by atoms with van der Waals surface area (Å²) in [7, 11) is 0. The monoisotopic (exact) mass is 458 g/mol. The molecule has 0 aliphatic rings. The lowest BCUT2D eigenvalue weighted by Crippen LogP contribution is -2.34. The lowest BCUT2D eigenvalue weighted by Gasteiger charge is -2.01. The molecule has 0 fully saturated rings. The number of rotatable bonds is 10. The second-order valence-corrected chi connectivity index (χ2v) is 5.29. The summed E-state index contributed by atoms with van der Waals surface area (Å²) in [4.78, 5) is 58.9. The molecule has 0 spiro atoms. The average Bonchev–Trinajstić information content (AvgIpc) is 2.65. The molecule has 0 radical (unpaired) electrons. The number of primary amides is 2. The fraction of sp³-hybridized carbons (Fsp3) is 0.571. The molecule has 0 heterocycles. The van der Waals surface area contributed by atoms with Crippen LogP contribution in [0, 0.1) is 0 Å². The fourth-order valence-electron chi connectivity index (χ4n) is 0.803. The molecule has 0 aromatic rings. The first-order chi connectivity index (χ1) is 14.0. The van der Waals surface area contributed by atoms with Gasteiger partial charge in [-0.2, -0.15) is 0 Å². The highest BCUT2D eigenvalue weighted by atomic mass is 16.4.